The molecule has 0 aliphatic carbocycles. The normalized spacial score (nSPS) is 11.8. The SMILES string of the molecule is NS/C(Sc1ccc(Cl)cc1)=C(\N)C(=O)Nc1ccccc1F. The fourth-order valence-electron chi connectivity index (χ4n) is 1.60. The molecule has 0 atom stereocenters. The summed E-state index contributed by atoms with van der Waals surface area (Å²) in [6, 6.07) is 12.8. The predicted octanol–water partition coefficient (Wildman–Crippen LogP) is 3.94. The van der Waals surface area contributed by atoms with Crippen molar-refractivity contribution in [3.05, 3.63) is 69.3 Å². The number of nitrogens with one attached hydrogen (secondary N) is 1. The molecule has 2 aromatic carbocycles. The number of rotatable bonds is 5. The number of nitrogens with two attached hydrogens (primary N) is 2. The highest BCUT2D eigenvalue weighted by molar-refractivity contribution is 8.21. The summed E-state index contributed by atoms with van der Waals surface area (Å²) in [5.41, 5.74) is 5.82. The van der Waals surface area contributed by atoms with E-state index in [1.54, 1.807) is 30.3 Å². The van der Waals surface area contributed by atoms with Crippen LogP contribution in [0.1, 0.15) is 0 Å². The Morgan fingerprint density at radius 2 is 1.78 bits per heavy atom. The molecule has 5 N–H and O–H groups in total. The van der Waals surface area contributed by atoms with E-state index < -0.39 is 11.7 Å². The Hall–Kier alpha value is -1.67. The lowest BCUT2D eigenvalue weighted by atomic mass is 10.3. The van der Waals surface area contributed by atoms with Gasteiger partial charge in [0.25, 0.3) is 5.91 Å². The van der Waals surface area contributed by atoms with Crippen LogP contribution in [0.15, 0.2) is 63.4 Å². The van der Waals surface area contributed by atoms with Crippen molar-refractivity contribution in [1.29, 1.82) is 0 Å². The molecule has 2 rings (SSSR count). The maximum atomic E-state index is 13.6. The number of amides is 1. The van der Waals surface area contributed by atoms with Crippen LogP contribution in [0.25, 0.3) is 0 Å². The molecule has 120 valence electrons. The molecule has 0 aliphatic heterocycles. The number of benzene rings is 2. The van der Waals surface area contributed by atoms with Crippen molar-refractivity contribution in [2.45, 2.75) is 4.90 Å². The molecule has 0 heterocycles. The quantitative estimate of drug-likeness (QED) is 0.422. The summed E-state index contributed by atoms with van der Waals surface area (Å²) in [6.07, 6.45) is 0. The lowest BCUT2D eigenvalue weighted by Gasteiger charge is -2.10. The number of anilines is 1. The molecule has 0 aromatic heterocycles. The smallest absolute Gasteiger partial charge is 0.273 e. The summed E-state index contributed by atoms with van der Waals surface area (Å²) in [5.74, 6) is -1.16. The molecule has 23 heavy (non-hydrogen) atoms. The van der Waals surface area contributed by atoms with E-state index in [1.165, 1.54) is 30.0 Å². The third-order valence-corrected chi connectivity index (χ3v) is 4.86. The van der Waals surface area contributed by atoms with Crippen molar-refractivity contribution in [1.82, 2.24) is 0 Å². The van der Waals surface area contributed by atoms with Crippen LogP contribution in [0.3, 0.4) is 0 Å². The molecule has 0 saturated carbocycles. The Labute approximate surface area is 146 Å². The van der Waals surface area contributed by atoms with Gasteiger partial charge in [-0.15, -0.1) is 0 Å². The van der Waals surface area contributed by atoms with Crippen LogP contribution >= 0.6 is 35.3 Å². The molecule has 8 heteroatoms. The second-order valence-electron chi connectivity index (χ2n) is 4.31. The zero-order valence-corrected chi connectivity index (χ0v) is 14.1. The van der Waals surface area contributed by atoms with Gasteiger partial charge in [-0.05, 0) is 48.3 Å². The highest BCUT2D eigenvalue weighted by atomic mass is 35.5. The van der Waals surface area contributed by atoms with Gasteiger partial charge in [0.2, 0.25) is 0 Å². The highest BCUT2D eigenvalue weighted by Crippen LogP contribution is 2.34. The lowest BCUT2D eigenvalue weighted by molar-refractivity contribution is -0.112. The molecule has 4 nitrogen and oxygen atoms in total. The number of halogens is 2. The van der Waals surface area contributed by atoms with Crippen LogP contribution in [0.4, 0.5) is 10.1 Å². The third-order valence-electron chi connectivity index (χ3n) is 2.72. The maximum Gasteiger partial charge on any atom is 0.273 e. The zero-order valence-electron chi connectivity index (χ0n) is 11.8. The van der Waals surface area contributed by atoms with E-state index in [1.807, 2.05) is 0 Å². The van der Waals surface area contributed by atoms with Gasteiger partial charge in [0.1, 0.15) is 11.5 Å². The van der Waals surface area contributed by atoms with E-state index in [9.17, 15) is 9.18 Å². The second kappa shape index (κ2) is 8.26. The highest BCUT2D eigenvalue weighted by Gasteiger charge is 2.15. The Balaban J connectivity index is 2.17. The minimum Gasteiger partial charge on any atom is -0.393 e. The van der Waals surface area contributed by atoms with Gasteiger partial charge >= 0.3 is 0 Å². The topological polar surface area (TPSA) is 81.1 Å². The third kappa shape index (κ3) is 4.90. The van der Waals surface area contributed by atoms with E-state index in [2.05, 4.69) is 5.32 Å². The van der Waals surface area contributed by atoms with Crippen LogP contribution in [0.2, 0.25) is 5.02 Å². The summed E-state index contributed by atoms with van der Waals surface area (Å²) < 4.78 is 14.0. The first kappa shape index (κ1) is 17.7. The van der Waals surface area contributed by atoms with E-state index in [0.717, 1.165) is 16.8 Å². The molecule has 2 aromatic rings. The molecule has 1 amide bonds. The fourth-order valence-corrected chi connectivity index (χ4v) is 3.11. The molecule has 0 saturated heterocycles. The molecular weight excluding hydrogens is 357 g/mol. The Bertz CT molecular complexity index is 738. The maximum absolute atomic E-state index is 13.6. The molecule has 0 aliphatic rings. The van der Waals surface area contributed by atoms with Gasteiger partial charge in [0, 0.05) is 9.92 Å². The minimum atomic E-state index is -0.621. The largest absolute Gasteiger partial charge is 0.393 e. The minimum absolute atomic E-state index is 0.0540. The zero-order chi connectivity index (χ0) is 16.8. The van der Waals surface area contributed by atoms with Gasteiger partial charge in [-0.3, -0.25) is 9.93 Å². The van der Waals surface area contributed by atoms with Gasteiger partial charge in [0.15, 0.2) is 0 Å². The Morgan fingerprint density at radius 1 is 1.13 bits per heavy atom. The summed E-state index contributed by atoms with van der Waals surface area (Å²) in [6.45, 7) is 0. The second-order valence-corrected chi connectivity index (χ2v) is 6.73. The molecule has 0 spiro atoms. The van der Waals surface area contributed by atoms with E-state index >= 15 is 0 Å². The number of carbonyl (C=O) groups excluding carboxylic acids is 1. The molecule has 0 unspecified atom stereocenters. The monoisotopic (exact) mass is 369 g/mol. The van der Waals surface area contributed by atoms with Crippen LogP contribution < -0.4 is 16.2 Å². The van der Waals surface area contributed by atoms with Crippen LogP contribution in [0.5, 0.6) is 0 Å². The number of carbonyl (C=O) groups is 1. The summed E-state index contributed by atoms with van der Waals surface area (Å²) in [4.78, 5) is 13.0. The molecule has 0 fully saturated rings. The van der Waals surface area contributed by atoms with Gasteiger partial charge in [-0.25, -0.2) is 4.39 Å². The van der Waals surface area contributed by atoms with Crippen molar-refractivity contribution < 1.29 is 9.18 Å². The van der Waals surface area contributed by atoms with Gasteiger partial charge < -0.3 is 11.1 Å². The van der Waals surface area contributed by atoms with Gasteiger partial charge in [-0.2, -0.15) is 0 Å². The van der Waals surface area contributed by atoms with Crippen molar-refractivity contribution in [3.8, 4) is 0 Å². The number of thioether (sulfide) groups is 1. The Kier molecular flexibility index (Phi) is 6.35. The van der Waals surface area contributed by atoms with E-state index in [-0.39, 0.29) is 11.4 Å². The van der Waals surface area contributed by atoms with Crippen LogP contribution in [-0.4, -0.2) is 5.91 Å². The molecular formula is C15H13ClFN3OS2. The Morgan fingerprint density at radius 3 is 2.39 bits per heavy atom. The fraction of sp³-hybridized carbons (Fsp3) is 0. The first-order chi connectivity index (χ1) is 11.0. The van der Waals surface area contributed by atoms with Crippen molar-refractivity contribution in [3.63, 3.8) is 0 Å². The number of hydrogen-bond donors (Lipinski definition) is 3. The molecule has 0 bridgehead atoms. The first-order valence-corrected chi connectivity index (χ1v) is 8.44. The van der Waals surface area contributed by atoms with Crippen molar-refractivity contribution >= 4 is 46.9 Å². The summed E-state index contributed by atoms with van der Waals surface area (Å²) in [5, 5.41) is 8.61. The van der Waals surface area contributed by atoms with Gasteiger partial charge in [0.05, 0.1) is 9.92 Å². The van der Waals surface area contributed by atoms with E-state index in [4.69, 9.17) is 22.5 Å². The lowest BCUT2D eigenvalue weighted by Crippen LogP contribution is -2.22. The average molecular weight is 370 g/mol. The predicted molar refractivity (Wildman–Crippen MR) is 95.3 cm³/mol. The van der Waals surface area contributed by atoms with Crippen LogP contribution in [0, 0.1) is 5.82 Å². The van der Waals surface area contributed by atoms with Crippen molar-refractivity contribution in [2.75, 3.05) is 5.32 Å². The summed E-state index contributed by atoms with van der Waals surface area (Å²) >= 11 is 7.90. The van der Waals surface area contributed by atoms with Gasteiger partial charge in [-0.1, -0.05) is 35.5 Å². The molecule has 0 radical (unpaired) electrons. The average Bonchev–Trinajstić information content (AvgIpc) is 2.55. The van der Waals surface area contributed by atoms with E-state index in [0.29, 0.717) is 9.26 Å². The number of para-hydroxylation sites is 1. The number of hydrogen-bond acceptors (Lipinski definition) is 5. The van der Waals surface area contributed by atoms with Crippen LogP contribution in [-0.2, 0) is 4.79 Å². The standard InChI is InChI=1S/C15H13ClFN3OS2/c16-9-5-7-10(8-6-9)22-15(23-19)13(18)14(21)20-12-4-2-1-3-11(12)17/h1-8H,18-19H2,(H,20,21)/b15-13-. The summed E-state index contributed by atoms with van der Waals surface area (Å²) in [7, 11) is 0. The first-order valence-electron chi connectivity index (χ1n) is 6.37. The van der Waals surface area contributed by atoms with Crippen molar-refractivity contribution in [2.24, 2.45) is 10.9 Å².